The molecular formula is C21H25N3O4. The van der Waals surface area contributed by atoms with E-state index in [-0.39, 0.29) is 17.6 Å². The van der Waals surface area contributed by atoms with Crippen molar-refractivity contribution in [2.75, 3.05) is 19.5 Å². The van der Waals surface area contributed by atoms with Crippen molar-refractivity contribution >= 4 is 17.5 Å². The first-order valence-corrected chi connectivity index (χ1v) is 9.41. The third-order valence-corrected chi connectivity index (χ3v) is 4.84. The van der Waals surface area contributed by atoms with Crippen LogP contribution in [0.5, 0.6) is 11.5 Å². The molecule has 0 radical (unpaired) electrons. The number of ether oxygens (including phenoxy) is 2. The van der Waals surface area contributed by atoms with Gasteiger partial charge in [-0.2, -0.15) is 0 Å². The Morgan fingerprint density at radius 2 is 1.71 bits per heavy atom. The van der Waals surface area contributed by atoms with Gasteiger partial charge in [0.05, 0.1) is 14.2 Å². The molecule has 0 saturated heterocycles. The number of carbonyl (C=O) groups excluding carboxylic acids is 2. The van der Waals surface area contributed by atoms with Crippen molar-refractivity contribution in [2.24, 2.45) is 0 Å². The predicted octanol–water partition coefficient (Wildman–Crippen LogP) is 3.41. The molecule has 3 rings (SSSR count). The summed E-state index contributed by atoms with van der Waals surface area (Å²) in [5.74, 6) is 0.503. The van der Waals surface area contributed by atoms with Gasteiger partial charge in [0.15, 0.2) is 11.5 Å². The number of nitrogens with one attached hydrogen (secondary N) is 2. The molecule has 1 aromatic carbocycles. The lowest BCUT2D eigenvalue weighted by atomic mass is 9.95. The van der Waals surface area contributed by atoms with E-state index in [2.05, 4.69) is 15.6 Å². The van der Waals surface area contributed by atoms with Gasteiger partial charge in [0, 0.05) is 29.6 Å². The van der Waals surface area contributed by atoms with Gasteiger partial charge < -0.3 is 20.1 Å². The van der Waals surface area contributed by atoms with Crippen LogP contribution in [0.25, 0.3) is 0 Å². The summed E-state index contributed by atoms with van der Waals surface area (Å²) in [6.07, 6.45) is 6.98. The quantitative estimate of drug-likeness (QED) is 0.798. The Labute approximate surface area is 164 Å². The minimum Gasteiger partial charge on any atom is -0.493 e. The smallest absolute Gasteiger partial charge is 0.274 e. The Morgan fingerprint density at radius 3 is 2.43 bits per heavy atom. The second-order valence-electron chi connectivity index (χ2n) is 6.76. The van der Waals surface area contributed by atoms with Crippen molar-refractivity contribution in [3.63, 3.8) is 0 Å². The fourth-order valence-electron chi connectivity index (χ4n) is 3.32. The molecule has 1 heterocycles. The Morgan fingerprint density at radius 1 is 0.964 bits per heavy atom. The van der Waals surface area contributed by atoms with Crippen LogP contribution in [0.15, 0.2) is 36.5 Å². The fraction of sp³-hybridized carbons (Fsp3) is 0.381. The van der Waals surface area contributed by atoms with Gasteiger partial charge in [-0.3, -0.25) is 14.6 Å². The number of hydrogen-bond donors (Lipinski definition) is 2. The minimum atomic E-state index is -0.403. The van der Waals surface area contributed by atoms with E-state index in [0.29, 0.717) is 22.7 Å². The SMILES string of the molecule is COc1ccc(NC(=O)c2cc(C(=O)NC3CCCCC3)ccn2)cc1OC. The summed E-state index contributed by atoms with van der Waals surface area (Å²) in [6.45, 7) is 0. The highest BCUT2D eigenvalue weighted by Gasteiger charge is 2.18. The normalized spacial score (nSPS) is 14.2. The second kappa shape index (κ2) is 9.21. The number of carbonyl (C=O) groups is 2. The first-order chi connectivity index (χ1) is 13.6. The molecule has 1 fully saturated rings. The van der Waals surface area contributed by atoms with Gasteiger partial charge in [-0.25, -0.2) is 0 Å². The molecule has 28 heavy (non-hydrogen) atoms. The van der Waals surface area contributed by atoms with Gasteiger partial charge in [-0.05, 0) is 37.1 Å². The Bertz CT molecular complexity index is 847. The Balaban J connectivity index is 1.69. The number of amides is 2. The van der Waals surface area contributed by atoms with Gasteiger partial charge in [0.2, 0.25) is 0 Å². The lowest BCUT2D eigenvalue weighted by molar-refractivity contribution is 0.0927. The molecule has 1 saturated carbocycles. The highest BCUT2D eigenvalue weighted by atomic mass is 16.5. The average Bonchev–Trinajstić information content (AvgIpc) is 2.74. The van der Waals surface area contributed by atoms with Crippen LogP contribution in [-0.2, 0) is 0 Å². The summed E-state index contributed by atoms with van der Waals surface area (Å²) in [4.78, 5) is 29.1. The van der Waals surface area contributed by atoms with Crippen molar-refractivity contribution in [3.05, 3.63) is 47.8 Å². The number of aromatic nitrogens is 1. The second-order valence-corrected chi connectivity index (χ2v) is 6.76. The number of pyridine rings is 1. The van der Waals surface area contributed by atoms with Crippen molar-refractivity contribution in [1.82, 2.24) is 10.3 Å². The van der Waals surface area contributed by atoms with Crippen LogP contribution in [0, 0.1) is 0 Å². The first-order valence-electron chi connectivity index (χ1n) is 9.41. The first kappa shape index (κ1) is 19.7. The maximum Gasteiger partial charge on any atom is 0.274 e. The standard InChI is InChI=1S/C21H25N3O4/c1-27-18-9-8-16(13-19(18)28-2)24-21(26)17-12-14(10-11-22-17)20(25)23-15-6-4-3-5-7-15/h8-13,15H,3-7H2,1-2H3,(H,23,25)(H,24,26). The predicted molar refractivity (Wildman–Crippen MR) is 106 cm³/mol. The number of nitrogens with zero attached hydrogens (tertiary/aromatic N) is 1. The van der Waals surface area contributed by atoms with Crippen LogP contribution in [0.4, 0.5) is 5.69 Å². The lowest BCUT2D eigenvalue weighted by Crippen LogP contribution is -2.36. The number of rotatable bonds is 6. The maximum absolute atomic E-state index is 12.6. The largest absolute Gasteiger partial charge is 0.493 e. The summed E-state index contributed by atoms with van der Waals surface area (Å²) in [7, 11) is 3.07. The zero-order chi connectivity index (χ0) is 19.9. The molecule has 7 nitrogen and oxygen atoms in total. The molecule has 0 aliphatic heterocycles. The molecule has 1 aliphatic rings. The third-order valence-electron chi connectivity index (χ3n) is 4.84. The van der Waals surface area contributed by atoms with Crippen LogP contribution in [-0.4, -0.2) is 37.1 Å². The summed E-state index contributed by atoms with van der Waals surface area (Å²) in [5.41, 5.74) is 1.14. The molecule has 2 N–H and O–H groups in total. The van der Waals surface area contributed by atoms with E-state index in [1.54, 1.807) is 31.4 Å². The van der Waals surface area contributed by atoms with E-state index >= 15 is 0 Å². The van der Waals surface area contributed by atoms with E-state index in [9.17, 15) is 9.59 Å². The molecule has 0 spiro atoms. The maximum atomic E-state index is 12.6. The zero-order valence-electron chi connectivity index (χ0n) is 16.2. The zero-order valence-corrected chi connectivity index (χ0v) is 16.2. The van der Waals surface area contributed by atoms with Crippen molar-refractivity contribution in [3.8, 4) is 11.5 Å². The number of hydrogen-bond acceptors (Lipinski definition) is 5. The van der Waals surface area contributed by atoms with E-state index in [1.165, 1.54) is 25.8 Å². The topological polar surface area (TPSA) is 89.5 Å². The molecule has 7 heteroatoms. The summed E-state index contributed by atoms with van der Waals surface area (Å²) < 4.78 is 10.4. The van der Waals surface area contributed by atoms with Gasteiger partial charge in [0.25, 0.3) is 11.8 Å². The van der Waals surface area contributed by atoms with Crippen molar-refractivity contribution in [2.45, 2.75) is 38.1 Å². The molecular weight excluding hydrogens is 358 g/mol. The fourth-order valence-corrected chi connectivity index (χ4v) is 3.32. The average molecular weight is 383 g/mol. The monoisotopic (exact) mass is 383 g/mol. The molecule has 0 bridgehead atoms. The van der Waals surface area contributed by atoms with Gasteiger partial charge >= 0.3 is 0 Å². The molecule has 0 unspecified atom stereocenters. The van der Waals surface area contributed by atoms with E-state index < -0.39 is 5.91 Å². The number of benzene rings is 1. The summed E-state index contributed by atoms with van der Waals surface area (Å²) in [5, 5.41) is 5.81. The molecule has 148 valence electrons. The third kappa shape index (κ3) is 4.79. The molecule has 1 aromatic heterocycles. The van der Waals surface area contributed by atoms with Crippen LogP contribution in [0.2, 0.25) is 0 Å². The van der Waals surface area contributed by atoms with Gasteiger partial charge in [-0.1, -0.05) is 19.3 Å². The minimum absolute atomic E-state index is 0.172. The number of anilines is 1. The lowest BCUT2D eigenvalue weighted by Gasteiger charge is -2.22. The van der Waals surface area contributed by atoms with Crippen LogP contribution < -0.4 is 20.1 Å². The van der Waals surface area contributed by atoms with Crippen molar-refractivity contribution in [1.29, 1.82) is 0 Å². The molecule has 2 amide bonds. The molecule has 2 aromatic rings. The molecule has 1 aliphatic carbocycles. The highest BCUT2D eigenvalue weighted by Crippen LogP contribution is 2.29. The summed E-state index contributed by atoms with van der Waals surface area (Å²) >= 11 is 0. The van der Waals surface area contributed by atoms with E-state index in [1.807, 2.05) is 0 Å². The summed E-state index contributed by atoms with van der Waals surface area (Å²) in [6, 6.07) is 8.41. The Kier molecular flexibility index (Phi) is 6.47. The number of methoxy groups -OCH3 is 2. The highest BCUT2D eigenvalue weighted by molar-refractivity contribution is 6.05. The van der Waals surface area contributed by atoms with Crippen LogP contribution in [0.1, 0.15) is 53.0 Å². The van der Waals surface area contributed by atoms with E-state index in [4.69, 9.17) is 9.47 Å². The Hall–Kier alpha value is -3.09. The van der Waals surface area contributed by atoms with Gasteiger partial charge in [-0.15, -0.1) is 0 Å². The molecule has 0 atom stereocenters. The van der Waals surface area contributed by atoms with Gasteiger partial charge in [0.1, 0.15) is 5.69 Å². The van der Waals surface area contributed by atoms with E-state index in [0.717, 1.165) is 25.7 Å². The van der Waals surface area contributed by atoms with Crippen LogP contribution in [0.3, 0.4) is 0 Å². The van der Waals surface area contributed by atoms with Crippen molar-refractivity contribution < 1.29 is 19.1 Å². The van der Waals surface area contributed by atoms with Crippen LogP contribution >= 0.6 is 0 Å².